The highest BCUT2D eigenvalue weighted by atomic mass is 35.5. The van der Waals surface area contributed by atoms with Crippen LogP contribution in [0.15, 0.2) is 54.6 Å². The number of rotatable bonds is 5. The fourth-order valence-corrected chi connectivity index (χ4v) is 2.08. The smallest absolute Gasteiger partial charge is 0.0577 e. The minimum atomic E-state index is 0.159. The van der Waals surface area contributed by atoms with Gasteiger partial charge in [0.15, 0.2) is 0 Å². The monoisotopic (exact) mass is 260 g/mol. The van der Waals surface area contributed by atoms with Crippen molar-refractivity contribution >= 4 is 11.6 Å². The van der Waals surface area contributed by atoms with Crippen LogP contribution in [0.2, 0.25) is 5.02 Å². The highest BCUT2D eigenvalue weighted by Gasteiger charge is 2.12. The molecule has 0 spiro atoms. The van der Waals surface area contributed by atoms with Crippen LogP contribution < -0.4 is 11.1 Å². The standard InChI is InChI=1S/C15H17ClN2/c16-14-8-6-13(7-9-14)15(18-11-10-17)12-4-2-1-3-5-12/h1-9,15,18H,10-11,17H2. The van der Waals surface area contributed by atoms with Gasteiger partial charge in [-0.3, -0.25) is 0 Å². The van der Waals surface area contributed by atoms with E-state index in [-0.39, 0.29) is 6.04 Å². The molecule has 0 bridgehead atoms. The van der Waals surface area contributed by atoms with E-state index in [0.29, 0.717) is 6.54 Å². The van der Waals surface area contributed by atoms with Gasteiger partial charge in [0.1, 0.15) is 0 Å². The predicted octanol–water partition coefficient (Wildman–Crippen LogP) is 2.98. The van der Waals surface area contributed by atoms with Gasteiger partial charge in [0.05, 0.1) is 6.04 Å². The van der Waals surface area contributed by atoms with Crippen molar-refractivity contribution in [2.75, 3.05) is 13.1 Å². The molecule has 0 fully saturated rings. The Balaban J connectivity index is 2.27. The largest absolute Gasteiger partial charge is 0.329 e. The molecule has 2 aromatic rings. The topological polar surface area (TPSA) is 38.0 Å². The zero-order valence-electron chi connectivity index (χ0n) is 10.1. The van der Waals surface area contributed by atoms with E-state index in [4.69, 9.17) is 17.3 Å². The van der Waals surface area contributed by atoms with Crippen LogP contribution in [0.4, 0.5) is 0 Å². The van der Waals surface area contributed by atoms with E-state index >= 15 is 0 Å². The fraction of sp³-hybridized carbons (Fsp3) is 0.200. The summed E-state index contributed by atoms with van der Waals surface area (Å²) in [5.41, 5.74) is 8.00. The Labute approximate surface area is 113 Å². The number of nitrogens with one attached hydrogen (secondary N) is 1. The minimum Gasteiger partial charge on any atom is -0.329 e. The van der Waals surface area contributed by atoms with Gasteiger partial charge in [-0.25, -0.2) is 0 Å². The average molecular weight is 261 g/mol. The lowest BCUT2D eigenvalue weighted by Gasteiger charge is -2.19. The van der Waals surface area contributed by atoms with Crippen molar-refractivity contribution in [1.29, 1.82) is 0 Å². The molecule has 0 aliphatic rings. The maximum Gasteiger partial charge on any atom is 0.0577 e. The number of hydrogen-bond donors (Lipinski definition) is 2. The van der Waals surface area contributed by atoms with Crippen LogP contribution in [0.5, 0.6) is 0 Å². The Morgan fingerprint density at radius 2 is 1.56 bits per heavy atom. The molecule has 0 aliphatic heterocycles. The third-order valence-electron chi connectivity index (χ3n) is 2.83. The quantitative estimate of drug-likeness (QED) is 0.867. The van der Waals surface area contributed by atoms with Crippen LogP contribution in [0.25, 0.3) is 0 Å². The molecule has 94 valence electrons. The summed E-state index contributed by atoms with van der Waals surface area (Å²) in [5, 5.41) is 4.21. The Bertz CT molecular complexity index is 468. The van der Waals surface area contributed by atoms with Gasteiger partial charge in [-0.15, -0.1) is 0 Å². The normalized spacial score (nSPS) is 12.3. The lowest BCUT2D eigenvalue weighted by Crippen LogP contribution is -2.27. The SMILES string of the molecule is NCCNC(c1ccccc1)c1ccc(Cl)cc1. The molecule has 0 amide bonds. The molecule has 0 radical (unpaired) electrons. The summed E-state index contributed by atoms with van der Waals surface area (Å²) in [6.07, 6.45) is 0. The summed E-state index contributed by atoms with van der Waals surface area (Å²) in [4.78, 5) is 0. The van der Waals surface area contributed by atoms with Crippen molar-refractivity contribution in [1.82, 2.24) is 5.32 Å². The van der Waals surface area contributed by atoms with Crippen LogP contribution in [0.1, 0.15) is 17.2 Å². The van der Waals surface area contributed by atoms with E-state index in [2.05, 4.69) is 17.4 Å². The molecule has 0 saturated carbocycles. The molecule has 2 nitrogen and oxygen atoms in total. The summed E-state index contributed by atoms with van der Waals surface area (Å²) in [7, 11) is 0. The molecule has 0 heterocycles. The van der Waals surface area contributed by atoms with Crippen molar-refractivity contribution in [3.63, 3.8) is 0 Å². The molecular formula is C15H17ClN2. The molecule has 0 saturated heterocycles. The van der Waals surface area contributed by atoms with Crippen LogP contribution in [0, 0.1) is 0 Å². The molecule has 18 heavy (non-hydrogen) atoms. The summed E-state index contributed by atoms with van der Waals surface area (Å²) in [6, 6.07) is 18.4. The van der Waals surface area contributed by atoms with E-state index in [1.54, 1.807) is 0 Å². The molecule has 3 N–H and O–H groups in total. The van der Waals surface area contributed by atoms with E-state index in [1.807, 2.05) is 42.5 Å². The Morgan fingerprint density at radius 1 is 0.944 bits per heavy atom. The zero-order valence-corrected chi connectivity index (χ0v) is 10.9. The molecular weight excluding hydrogens is 244 g/mol. The molecule has 0 aliphatic carbocycles. The van der Waals surface area contributed by atoms with E-state index in [0.717, 1.165) is 11.6 Å². The first kappa shape index (κ1) is 13.1. The maximum atomic E-state index is 5.93. The molecule has 1 unspecified atom stereocenters. The lowest BCUT2D eigenvalue weighted by molar-refractivity contribution is 0.612. The lowest BCUT2D eigenvalue weighted by atomic mass is 9.99. The first-order chi connectivity index (χ1) is 8.81. The highest BCUT2D eigenvalue weighted by molar-refractivity contribution is 6.30. The summed E-state index contributed by atoms with van der Waals surface area (Å²) >= 11 is 5.93. The molecule has 3 heteroatoms. The second kappa shape index (κ2) is 6.55. The van der Waals surface area contributed by atoms with Gasteiger partial charge in [0.25, 0.3) is 0 Å². The first-order valence-corrected chi connectivity index (χ1v) is 6.43. The Morgan fingerprint density at radius 3 is 2.17 bits per heavy atom. The zero-order chi connectivity index (χ0) is 12.8. The molecule has 0 aromatic heterocycles. The number of nitrogens with two attached hydrogens (primary N) is 1. The number of benzene rings is 2. The van der Waals surface area contributed by atoms with Gasteiger partial charge >= 0.3 is 0 Å². The van der Waals surface area contributed by atoms with Crippen LogP contribution in [0.3, 0.4) is 0 Å². The molecule has 2 rings (SSSR count). The third-order valence-corrected chi connectivity index (χ3v) is 3.08. The van der Waals surface area contributed by atoms with Gasteiger partial charge in [-0.05, 0) is 23.3 Å². The molecule has 2 aromatic carbocycles. The van der Waals surface area contributed by atoms with Gasteiger partial charge < -0.3 is 11.1 Å². The maximum absolute atomic E-state index is 5.93. The van der Waals surface area contributed by atoms with Crippen molar-refractivity contribution in [2.24, 2.45) is 5.73 Å². The second-order valence-corrected chi connectivity index (χ2v) is 4.57. The summed E-state index contributed by atoms with van der Waals surface area (Å²) < 4.78 is 0. The third kappa shape index (κ3) is 3.33. The van der Waals surface area contributed by atoms with Crippen LogP contribution in [-0.2, 0) is 0 Å². The average Bonchev–Trinajstić information content (AvgIpc) is 2.42. The second-order valence-electron chi connectivity index (χ2n) is 4.14. The van der Waals surface area contributed by atoms with Gasteiger partial charge in [0, 0.05) is 18.1 Å². The van der Waals surface area contributed by atoms with E-state index in [1.165, 1.54) is 11.1 Å². The van der Waals surface area contributed by atoms with Crippen LogP contribution >= 0.6 is 11.6 Å². The van der Waals surface area contributed by atoms with Crippen molar-refractivity contribution < 1.29 is 0 Å². The summed E-state index contributed by atoms with van der Waals surface area (Å²) in [6.45, 7) is 1.40. The van der Waals surface area contributed by atoms with Crippen LogP contribution in [-0.4, -0.2) is 13.1 Å². The number of hydrogen-bond acceptors (Lipinski definition) is 2. The predicted molar refractivity (Wildman–Crippen MR) is 76.8 cm³/mol. The van der Waals surface area contributed by atoms with Crippen molar-refractivity contribution in [2.45, 2.75) is 6.04 Å². The minimum absolute atomic E-state index is 0.159. The molecule has 1 atom stereocenters. The van der Waals surface area contributed by atoms with Gasteiger partial charge in [-0.1, -0.05) is 54.1 Å². The van der Waals surface area contributed by atoms with Gasteiger partial charge in [-0.2, -0.15) is 0 Å². The summed E-state index contributed by atoms with van der Waals surface area (Å²) in [5.74, 6) is 0. The Hall–Kier alpha value is -1.35. The Kier molecular flexibility index (Phi) is 4.76. The van der Waals surface area contributed by atoms with E-state index < -0.39 is 0 Å². The number of halogens is 1. The van der Waals surface area contributed by atoms with Crippen molar-refractivity contribution in [3.8, 4) is 0 Å². The fourth-order valence-electron chi connectivity index (χ4n) is 1.96. The van der Waals surface area contributed by atoms with E-state index in [9.17, 15) is 0 Å². The van der Waals surface area contributed by atoms with Crippen molar-refractivity contribution in [3.05, 3.63) is 70.7 Å². The van der Waals surface area contributed by atoms with Gasteiger partial charge in [0.2, 0.25) is 0 Å². The first-order valence-electron chi connectivity index (χ1n) is 6.05. The highest BCUT2D eigenvalue weighted by Crippen LogP contribution is 2.23.